The van der Waals surface area contributed by atoms with Gasteiger partial charge >= 0.3 is 0 Å². The maximum Gasteiger partial charge on any atom is 0.165 e. The second kappa shape index (κ2) is 5.85. The lowest BCUT2D eigenvalue weighted by Gasteiger charge is -2.10. The molecule has 0 saturated carbocycles. The minimum atomic E-state index is -0.394. The Labute approximate surface area is 119 Å². The number of aryl methyl sites for hydroxylation is 1. The molecule has 0 fully saturated rings. The van der Waals surface area contributed by atoms with Crippen LogP contribution in [0.25, 0.3) is 0 Å². The lowest BCUT2D eigenvalue weighted by atomic mass is 10.1. The van der Waals surface area contributed by atoms with Crippen LogP contribution in [0, 0.1) is 24.1 Å². The molecule has 0 unspecified atom stereocenters. The van der Waals surface area contributed by atoms with Crippen LogP contribution in [-0.4, -0.2) is 0 Å². The summed E-state index contributed by atoms with van der Waals surface area (Å²) in [7, 11) is 0. The van der Waals surface area contributed by atoms with Crippen LogP contribution in [0.4, 0.5) is 4.39 Å². The smallest absolute Gasteiger partial charge is 0.165 e. The summed E-state index contributed by atoms with van der Waals surface area (Å²) in [4.78, 5) is 0. The van der Waals surface area contributed by atoms with E-state index < -0.39 is 5.82 Å². The molecule has 2 aromatic rings. The van der Waals surface area contributed by atoms with Crippen molar-refractivity contribution in [3.63, 3.8) is 0 Å². The first-order valence-electron chi connectivity index (χ1n) is 5.67. The Morgan fingerprint density at radius 1 is 1.26 bits per heavy atom. The molecule has 0 radical (unpaired) electrons. The van der Waals surface area contributed by atoms with Gasteiger partial charge in [-0.1, -0.05) is 22.0 Å². The molecule has 0 aliphatic carbocycles. The van der Waals surface area contributed by atoms with Gasteiger partial charge in [-0.05, 0) is 48.4 Å². The number of rotatable bonds is 3. The van der Waals surface area contributed by atoms with Gasteiger partial charge in [0, 0.05) is 4.47 Å². The topological polar surface area (TPSA) is 33.0 Å². The third-order valence-corrected chi connectivity index (χ3v) is 3.24. The molecule has 0 amide bonds. The molecule has 0 saturated heterocycles. The maximum atomic E-state index is 13.5. The van der Waals surface area contributed by atoms with Gasteiger partial charge in [-0.3, -0.25) is 0 Å². The standard InChI is InChI=1S/C15H11BrFNO/c1-10-6-11(8-18)2-3-12(10)9-19-15-7-13(16)4-5-14(15)17/h2-7H,9H2,1H3. The van der Waals surface area contributed by atoms with Crippen molar-refractivity contribution in [2.45, 2.75) is 13.5 Å². The summed E-state index contributed by atoms with van der Waals surface area (Å²) in [5.41, 5.74) is 2.49. The molecule has 0 atom stereocenters. The Balaban J connectivity index is 2.15. The highest BCUT2D eigenvalue weighted by Gasteiger charge is 2.06. The monoisotopic (exact) mass is 319 g/mol. The van der Waals surface area contributed by atoms with Gasteiger partial charge in [0.1, 0.15) is 6.61 Å². The number of nitrogens with zero attached hydrogens (tertiary/aromatic N) is 1. The van der Waals surface area contributed by atoms with Crippen LogP contribution >= 0.6 is 15.9 Å². The van der Waals surface area contributed by atoms with E-state index in [0.29, 0.717) is 5.56 Å². The number of hydrogen-bond donors (Lipinski definition) is 0. The fraction of sp³-hybridized carbons (Fsp3) is 0.133. The third-order valence-electron chi connectivity index (χ3n) is 2.75. The van der Waals surface area contributed by atoms with E-state index in [-0.39, 0.29) is 12.4 Å². The molecule has 0 aromatic heterocycles. The van der Waals surface area contributed by atoms with Crippen molar-refractivity contribution in [2.24, 2.45) is 0 Å². The molecule has 0 heterocycles. The zero-order valence-corrected chi connectivity index (χ0v) is 11.9. The van der Waals surface area contributed by atoms with Gasteiger partial charge in [0.25, 0.3) is 0 Å². The SMILES string of the molecule is Cc1cc(C#N)ccc1COc1cc(Br)ccc1F. The first-order chi connectivity index (χ1) is 9.10. The highest BCUT2D eigenvalue weighted by Crippen LogP contribution is 2.23. The summed E-state index contributed by atoms with van der Waals surface area (Å²) in [6.45, 7) is 2.17. The predicted molar refractivity (Wildman–Crippen MR) is 74.3 cm³/mol. The van der Waals surface area contributed by atoms with Crippen LogP contribution in [-0.2, 0) is 6.61 Å². The van der Waals surface area contributed by atoms with E-state index in [1.54, 1.807) is 24.3 Å². The third kappa shape index (κ3) is 3.33. The van der Waals surface area contributed by atoms with E-state index in [1.807, 2.05) is 13.0 Å². The van der Waals surface area contributed by atoms with Crippen LogP contribution in [0.5, 0.6) is 5.75 Å². The van der Waals surface area contributed by atoms with Gasteiger partial charge in [-0.25, -0.2) is 4.39 Å². The van der Waals surface area contributed by atoms with Crippen LogP contribution in [0.3, 0.4) is 0 Å². The van der Waals surface area contributed by atoms with Gasteiger partial charge < -0.3 is 4.74 Å². The predicted octanol–water partition coefficient (Wildman–Crippen LogP) is 4.35. The second-order valence-corrected chi connectivity index (χ2v) is 5.03. The van der Waals surface area contributed by atoms with E-state index in [4.69, 9.17) is 10.00 Å². The van der Waals surface area contributed by atoms with Crippen LogP contribution < -0.4 is 4.74 Å². The Morgan fingerprint density at radius 2 is 2.05 bits per heavy atom. The molecule has 2 rings (SSSR count). The molecule has 0 spiro atoms. The fourth-order valence-corrected chi connectivity index (χ4v) is 2.01. The molecular weight excluding hydrogens is 309 g/mol. The molecule has 2 nitrogen and oxygen atoms in total. The van der Waals surface area contributed by atoms with Crippen molar-refractivity contribution in [3.05, 3.63) is 63.4 Å². The Morgan fingerprint density at radius 3 is 2.74 bits per heavy atom. The van der Waals surface area contributed by atoms with Crippen molar-refractivity contribution in [3.8, 4) is 11.8 Å². The Hall–Kier alpha value is -1.86. The second-order valence-electron chi connectivity index (χ2n) is 4.12. The lowest BCUT2D eigenvalue weighted by Crippen LogP contribution is -2.00. The fourth-order valence-electron chi connectivity index (χ4n) is 1.67. The number of ether oxygens (including phenoxy) is 1. The first kappa shape index (κ1) is 13.6. The molecule has 19 heavy (non-hydrogen) atoms. The summed E-state index contributed by atoms with van der Waals surface area (Å²) >= 11 is 3.27. The van der Waals surface area contributed by atoms with Gasteiger partial charge in [-0.15, -0.1) is 0 Å². The molecule has 0 aliphatic rings. The highest BCUT2D eigenvalue weighted by molar-refractivity contribution is 9.10. The van der Waals surface area contributed by atoms with Crippen molar-refractivity contribution >= 4 is 15.9 Å². The summed E-state index contributed by atoms with van der Waals surface area (Å²) < 4.78 is 19.7. The van der Waals surface area contributed by atoms with Crippen LogP contribution in [0.1, 0.15) is 16.7 Å². The minimum absolute atomic E-state index is 0.207. The van der Waals surface area contributed by atoms with Crippen LogP contribution in [0.2, 0.25) is 0 Å². The Bertz CT molecular complexity index is 649. The van der Waals surface area contributed by atoms with E-state index in [0.717, 1.165) is 15.6 Å². The first-order valence-corrected chi connectivity index (χ1v) is 6.47. The Kier molecular flexibility index (Phi) is 4.18. The van der Waals surface area contributed by atoms with Crippen molar-refractivity contribution < 1.29 is 9.13 Å². The molecule has 0 aliphatic heterocycles. The highest BCUT2D eigenvalue weighted by atomic mass is 79.9. The van der Waals surface area contributed by atoms with Crippen molar-refractivity contribution in [1.82, 2.24) is 0 Å². The van der Waals surface area contributed by atoms with Gasteiger partial charge in [0.05, 0.1) is 11.6 Å². The molecule has 0 bridgehead atoms. The molecule has 96 valence electrons. The largest absolute Gasteiger partial charge is 0.486 e. The van der Waals surface area contributed by atoms with E-state index in [2.05, 4.69) is 22.0 Å². The normalized spacial score (nSPS) is 10.0. The van der Waals surface area contributed by atoms with Gasteiger partial charge in [0.2, 0.25) is 0 Å². The molecule has 2 aromatic carbocycles. The van der Waals surface area contributed by atoms with Crippen molar-refractivity contribution in [1.29, 1.82) is 5.26 Å². The van der Waals surface area contributed by atoms with Crippen molar-refractivity contribution in [2.75, 3.05) is 0 Å². The average molecular weight is 320 g/mol. The van der Waals surface area contributed by atoms with Gasteiger partial charge in [0.15, 0.2) is 11.6 Å². The quantitative estimate of drug-likeness (QED) is 0.842. The zero-order valence-electron chi connectivity index (χ0n) is 10.3. The molecule has 0 N–H and O–H groups in total. The average Bonchev–Trinajstić information content (AvgIpc) is 2.40. The maximum absolute atomic E-state index is 13.5. The van der Waals surface area contributed by atoms with E-state index in [9.17, 15) is 4.39 Å². The van der Waals surface area contributed by atoms with Gasteiger partial charge in [-0.2, -0.15) is 5.26 Å². The number of nitriles is 1. The zero-order chi connectivity index (χ0) is 13.8. The van der Waals surface area contributed by atoms with E-state index >= 15 is 0 Å². The summed E-state index contributed by atoms with van der Waals surface area (Å²) in [5.74, 6) is -0.187. The number of hydrogen-bond acceptors (Lipinski definition) is 2. The van der Waals surface area contributed by atoms with E-state index in [1.165, 1.54) is 6.07 Å². The lowest BCUT2D eigenvalue weighted by molar-refractivity contribution is 0.289. The number of benzene rings is 2. The minimum Gasteiger partial charge on any atom is -0.486 e. The summed E-state index contributed by atoms with van der Waals surface area (Å²) in [5, 5.41) is 8.79. The number of halogens is 2. The van der Waals surface area contributed by atoms with Crippen LogP contribution in [0.15, 0.2) is 40.9 Å². The molecular formula is C15H11BrFNO. The molecule has 4 heteroatoms. The summed E-state index contributed by atoms with van der Waals surface area (Å²) in [6.07, 6.45) is 0. The summed E-state index contributed by atoms with van der Waals surface area (Å²) in [6, 6.07) is 12.0.